The van der Waals surface area contributed by atoms with E-state index >= 15 is 0 Å². The molecule has 11 saturated heterocycles. The number of nitrogens with zero attached hydrogens (tertiary/aromatic N) is 19. The number of alkyl halides is 7. The summed E-state index contributed by atoms with van der Waals surface area (Å²) in [5.41, 5.74) is 15.2. The molecular weight excluding hydrogens is 2080 g/mol. The minimum Gasteiger partial charge on any atom is -0.433 e. The number of methoxy groups -OCH3 is 3. The monoisotopic (exact) mass is 2190 g/mol. The van der Waals surface area contributed by atoms with Crippen molar-refractivity contribution in [3.63, 3.8) is 0 Å². The number of nitrogens with two attached hydrogens (primary N) is 2. The highest BCUT2D eigenvalue weighted by Gasteiger charge is 2.60. The number of halogens is 14. The molecule has 10 aromatic rings. The molecule has 0 aromatic carbocycles. The van der Waals surface area contributed by atoms with Crippen LogP contribution in [-0.2, 0) is 75.8 Å². The van der Waals surface area contributed by atoms with Crippen molar-refractivity contribution in [2.24, 2.45) is 17.8 Å². The number of aliphatic hydroxyl groups is 7. The van der Waals surface area contributed by atoms with E-state index in [0.29, 0.717) is 75.5 Å². The van der Waals surface area contributed by atoms with Crippen LogP contribution in [0.4, 0.5) is 42.4 Å². The van der Waals surface area contributed by atoms with E-state index in [0.717, 1.165) is 25.7 Å². The molecule has 0 spiro atoms. The van der Waals surface area contributed by atoms with Crippen molar-refractivity contribution in [2.75, 3.05) is 46.0 Å². The Morgan fingerprint density at radius 2 is 0.736 bits per heavy atom. The first-order chi connectivity index (χ1) is 68.6. The first-order valence-corrected chi connectivity index (χ1v) is 48.6. The maximum absolute atomic E-state index is 14.4. The predicted molar refractivity (Wildman–Crippen MR) is 500 cm³/mol. The maximum Gasteiger partial charge on any atom is 0.305 e. The first-order valence-electron chi connectivity index (χ1n) is 45.9. The van der Waals surface area contributed by atoms with E-state index in [-0.39, 0.29) is 140 Å². The third kappa shape index (κ3) is 25.9. The Labute approximate surface area is 853 Å². The van der Waals surface area contributed by atoms with Gasteiger partial charge in [0.15, 0.2) is 149 Å². The Bertz CT molecular complexity index is 5490. The summed E-state index contributed by atoms with van der Waals surface area (Å²) in [6.45, 7) is 19.6. The zero-order valence-corrected chi connectivity index (χ0v) is 85.0. The Morgan fingerprint density at radius 1 is 0.375 bits per heavy atom. The summed E-state index contributed by atoms with van der Waals surface area (Å²) in [6.07, 6.45) is -10.8. The average Bonchev–Trinajstić information content (AvgIpc) is 1.59. The number of aliphatic hydroxyl groups excluding tert-OH is 7. The lowest BCUT2D eigenvalue weighted by Gasteiger charge is -2.15. The lowest BCUT2D eigenvalue weighted by Crippen LogP contribution is -2.30. The number of nitrogens with one attached hydrogen (secondary N) is 1. The van der Waals surface area contributed by atoms with Crippen LogP contribution in [0, 0.1) is 17.8 Å². The lowest BCUT2D eigenvalue weighted by molar-refractivity contribution is -0.180. The summed E-state index contributed by atoms with van der Waals surface area (Å²) in [4.78, 5) is 72.4. The van der Waals surface area contributed by atoms with Gasteiger partial charge in [-0.05, 0) is 91.3 Å². The number of nitrogen functional groups attached to an aromatic ring is 2. The molecule has 0 amide bonds. The molecule has 11 aliphatic rings. The Kier molecular flexibility index (Phi) is 41.1. The number of carbonyl (C=O) groups excluding carboxylic acids is 1. The van der Waals surface area contributed by atoms with Gasteiger partial charge in [-0.2, -0.15) is 24.9 Å². The molecule has 0 aliphatic carbocycles. The molecule has 10 aromatic heterocycles. The summed E-state index contributed by atoms with van der Waals surface area (Å²) in [5.74, 6) is -0.785. The minimum absolute atomic E-state index is 0.00209. The van der Waals surface area contributed by atoms with Gasteiger partial charge in [-0.3, -0.25) is 23.1 Å². The molecule has 21 rings (SSSR count). The van der Waals surface area contributed by atoms with Crippen molar-refractivity contribution >= 4 is 155 Å². The molecule has 11 aliphatic heterocycles. The standard InChI is InChI=1S/2C12H13Cl2FN4O.C11H13ClFN5O2.C10H12FN5O3.C9H15FO3.C7H13FO3.C7H12O3.C6H11FO3.C6H10O4.C5H2Cl2N4/c2*1-3-6-5(2)7(15)11(20-6)19-4-16-8-9(13)17-12(14)18-10(8)19;1-2-4-7(19)5(13)10(20-4)18-3-15-6-8(14)16-11(12)17-9(6)18;11-5-7(18)4(1-17)19-10(5)16-3-15-6-8(12)13-2-14-9(6)16;1-4-7-5(2)8(10)9(13-7)12-6(3)11;1-3-4-6(9)5(8)7(10-2)11-4;1-3-4-5-6(10-5)7(8-2)9-4;1-2-3-5(8)4(7)6(9)10-3;1-8-6-5-4(10-5)3(2-7)9-6;6-3-2-4(9-1-8-2)11-5(7)10-3/h2*4-7,11H,3H2,1-2H3;3-5,7,10,19H,2H2,1H3,(H2,14,16,17);2-5,7,10,17-18H,1H2,(H2,12,13,14);5,7-9H,4H2,1-3H3;4-7,9H,3H2,1-2H3;4-7H,3H2,1-2H3;3-6,8-9H,2H2,1H3;3-7H,2H2,1H3;1H,(H,8,9,10,11)/t5-,6+,7?,11+;5-,6+,7?,11-;2*4-,5?,7+,10-;5-,7+,8?,9?;4-,5?,6+,7-;4-,5-,6?,7-;3-,4?,5+,6?;3-,4-,5?,6-;/m001101111./s1. The SMILES string of the molecule is CC[C@H]1OC(O)C(F)[C@H]1O.CC[C@H]1OC(OC(C)=O)C(F)[C@H]1C.CC[C@H]1O[C@@H](OC)C(F)[C@H]1O.CC[C@H]1O[C@@H](OC)C2O[C@@H]21.CC[C@H]1O[C@@H](n2cnc3c(Cl)nc(Cl)nc32)C(F)[C@H]1C.CC[C@H]1O[C@@H](n2cnc3c(N)nc(Cl)nc32)C(F)[C@H]1O.CC[C@H]1O[C@H](n2cnc3c(Cl)nc(Cl)nc32)C(F)[C@H]1C.CO[C@@H]1O[C@H](CO)[C@H]2OC12.Clc1nc(Cl)c2[nH]cnc2n1.Nc1ncnc2c1ncn2[C@@H]1O[C@H](CO)[C@H](O)C1F. The van der Waals surface area contributed by atoms with E-state index in [2.05, 4.69) is 101 Å². The fraction of sp³-hybridized carbons (Fsp3) is 0.694. The van der Waals surface area contributed by atoms with Crippen LogP contribution >= 0.6 is 81.2 Å². The molecule has 0 radical (unpaired) electrons. The molecule has 36 atom stereocenters. The number of epoxide rings is 2. The van der Waals surface area contributed by atoms with Gasteiger partial charge in [-0.25, -0.2) is 80.6 Å². The van der Waals surface area contributed by atoms with Crippen LogP contribution in [0.1, 0.15) is 146 Å². The van der Waals surface area contributed by atoms with Gasteiger partial charge in [-0.15, -0.1) is 0 Å². The van der Waals surface area contributed by atoms with Crippen LogP contribution in [0.2, 0.25) is 36.6 Å². The third-order valence-electron chi connectivity index (χ3n) is 25.2. The van der Waals surface area contributed by atoms with Gasteiger partial charge in [0.1, 0.15) is 95.0 Å². The van der Waals surface area contributed by atoms with Crippen molar-refractivity contribution in [3.8, 4) is 0 Å². The number of imidazole rings is 5. The van der Waals surface area contributed by atoms with Crippen molar-refractivity contribution in [1.29, 1.82) is 0 Å². The molecule has 45 nitrogen and oxygen atoms in total. The van der Waals surface area contributed by atoms with Gasteiger partial charge in [-0.1, -0.05) is 104 Å². The van der Waals surface area contributed by atoms with Crippen LogP contribution in [0.5, 0.6) is 0 Å². The second-order valence-corrected chi connectivity index (χ2v) is 36.6. The van der Waals surface area contributed by atoms with Crippen molar-refractivity contribution in [2.45, 2.75) is 324 Å². The fourth-order valence-corrected chi connectivity index (χ4v) is 18.5. The van der Waals surface area contributed by atoms with E-state index in [9.17, 15) is 50.8 Å². The van der Waals surface area contributed by atoms with Crippen LogP contribution < -0.4 is 11.5 Å². The van der Waals surface area contributed by atoms with E-state index in [1.165, 1.54) is 70.3 Å². The van der Waals surface area contributed by atoms with Gasteiger partial charge in [0.05, 0.1) is 87.6 Å². The molecule has 144 heavy (non-hydrogen) atoms. The predicted octanol–water partition coefficient (Wildman–Crippen LogP) is 10.1. The molecule has 0 saturated carbocycles. The van der Waals surface area contributed by atoms with Gasteiger partial charge < -0.3 is 123 Å². The summed E-state index contributed by atoms with van der Waals surface area (Å²) >= 11 is 40.5. The normalized spacial score (nSPS) is 34.9. The molecule has 11 fully saturated rings. The van der Waals surface area contributed by atoms with Crippen molar-refractivity contribution in [3.05, 3.63) is 74.6 Å². The lowest BCUT2D eigenvalue weighted by atomic mass is 10.00. The van der Waals surface area contributed by atoms with E-state index < -0.39 is 148 Å². The van der Waals surface area contributed by atoms with Gasteiger partial charge in [0, 0.05) is 46.0 Å². The topological polar surface area (TPSA) is 585 Å². The third-order valence-corrected chi connectivity index (χ3v) is 26.6. The largest absolute Gasteiger partial charge is 0.433 e. The number of hydrogen-bond donors (Lipinski definition) is 10. The molecule has 59 heteroatoms. The molecule has 800 valence electrons. The van der Waals surface area contributed by atoms with Crippen molar-refractivity contribution < 1.29 is 142 Å². The van der Waals surface area contributed by atoms with Gasteiger partial charge in [0.2, 0.25) is 27.4 Å². The van der Waals surface area contributed by atoms with Crippen LogP contribution in [0.15, 0.2) is 38.0 Å². The fourth-order valence-electron chi connectivity index (χ4n) is 17.0. The Hall–Kier alpha value is -7.48. The average molecular weight is 2190 g/mol. The van der Waals surface area contributed by atoms with E-state index in [4.69, 9.17) is 170 Å². The quantitative estimate of drug-likeness (QED) is 0.0133. The van der Waals surface area contributed by atoms with Crippen LogP contribution in [-0.4, -0.2) is 353 Å². The Morgan fingerprint density at radius 3 is 1.13 bits per heavy atom. The minimum atomic E-state index is -1.69. The highest BCUT2D eigenvalue weighted by molar-refractivity contribution is 6.36. The van der Waals surface area contributed by atoms with E-state index in [1.807, 2.05) is 48.5 Å². The second kappa shape index (κ2) is 51.4. The first kappa shape index (κ1) is 115. The highest BCUT2D eigenvalue weighted by Crippen LogP contribution is 2.46. The summed E-state index contributed by atoms with van der Waals surface area (Å²) in [5, 5.41) is 64.6. The highest BCUT2D eigenvalue weighted by atomic mass is 35.5. The second-order valence-electron chi connectivity index (χ2n) is 34.2. The summed E-state index contributed by atoms with van der Waals surface area (Å²) in [7, 11) is 4.59. The van der Waals surface area contributed by atoms with Gasteiger partial charge in [0.25, 0.3) is 0 Å². The molecule has 11 unspecified atom stereocenters. The molecule has 0 bridgehead atoms. The summed E-state index contributed by atoms with van der Waals surface area (Å²) < 4.78 is 179. The number of H-pyrrole nitrogens is 1. The number of hydrogen-bond acceptors (Lipinski definition) is 40. The number of fused-ring (bicyclic) bond motifs is 7. The Balaban J connectivity index is 0.000000144. The number of rotatable bonds is 17. The number of ether oxygens (including phenoxy) is 15. The van der Waals surface area contributed by atoms with Gasteiger partial charge >= 0.3 is 5.97 Å². The zero-order chi connectivity index (χ0) is 105. The number of esters is 1. The molecule has 12 N–H and O–H groups in total. The number of aromatic amines is 1. The van der Waals surface area contributed by atoms with Crippen molar-refractivity contribution in [1.82, 2.24) is 98.0 Å². The number of aromatic nitrogens is 20. The van der Waals surface area contributed by atoms with E-state index in [1.54, 1.807) is 28.1 Å². The van der Waals surface area contributed by atoms with Crippen LogP contribution in [0.25, 0.3) is 55.8 Å². The number of anilines is 2. The summed E-state index contributed by atoms with van der Waals surface area (Å²) in [6, 6.07) is 0. The zero-order valence-electron chi connectivity index (χ0n) is 79.7. The smallest absolute Gasteiger partial charge is 0.305 e. The number of carbonyl (C=O) groups is 1. The van der Waals surface area contributed by atoms with Crippen LogP contribution in [0.3, 0.4) is 0 Å². The maximum atomic E-state index is 14.4. The molecule has 21 heterocycles. The molecular formula is C85H114Cl7F7N22O23.